The van der Waals surface area contributed by atoms with Crippen LogP contribution in [0.1, 0.15) is 135 Å². The zero-order valence-corrected chi connectivity index (χ0v) is 22.6. The number of aliphatic carboxylic acids is 1. The van der Waals surface area contributed by atoms with Gasteiger partial charge in [-0.25, -0.2) is 4.79 Å². The molecule has 0 unspecified atom stereocenters. The SMILES string of the molecule is C#C[C@H](O)/C=C/CCCCCCCCCC#CCCCCCCCCCCCCC=CC#CC(=O)O. The molecule has 0 rings (SSSR count). The molecule has 0 bridgehead atoms. The number of allylic oxidation sites excluding steroid dienone is 3. The Labute approximate surface area is 222 Å². The largest absolute Gasteiger partial charge is 0.472 e. The average molecular weight is 495 g/mol. The summed E-state index contributed by atoms with van der Waals surface area (Å²) in [5.41, 5.74) is 0. The molecule has 0 aromatic rings. The van der Waals surface area contributed by atoms with Crippen LogP contribution in [0.3, 0.4) is 0 Å². The summed E-state index contributed by atoms with van der Waals surface area (Å²) < 4.78 is 0. The number of carboxylic acids is 1. The fraction of sp³-hybridized carbons (Fsp3) is 0.667. The van der Waals surface area contributed by atoms with Crippen LogP contribution < -0.4 is 0 Å². The van der Waals surface area contributed by atoms with Crippen molar-refractivity contribution in [3.8, 4) is 36.0 Å². The van der Waals surface area contributed by atoms with Crippen molar-refractivity contribution in [3.05, 3.63) is 24.3 Å². The lowest BCUT2D eigenvalue weighted by Crippen LogP contribution is -1.95. The highest BCUT2D eigenvalue weighted by Gasteiger charge is 1.94. The number of aliphatic hydroxyl groups excluding tert-OH is 1. The smallest absolute Gasteiger partial charge is 0.382 e. The normalized spacial score (nSPS) is 11.6. The number of aliphatic hydroxyl groups is 1. The molecule has 0 fully saturated rings. The molecule has 0 aliphatic heterocycles. The van der Waals surface area contributed by atoms with Gasteiger partial charge in [-0.05, 0) is 50.7 Å². The van der Waals surface area contributed by atoms with Gasteiger partial charge < -0.3 is 10.2 Å². The zero-order valence-electron chi connectivity index (χ0n) is 22.6. The van der Waals surface area contributed by atoms with Crippen LogP contribution in [-0.4, -0.2) is 22.3 Å². The monoisotopic (exact) mass is 494 g/mol. The van der Waals surface area contributed by atoms with Crippen molar-refractivity contribution in [3.63, 3.8) is 0 Å². The summed E-state index contributed by atoms with van der Waals surface area (Å²) in [6, 6.07) is 0. The number of terminal acetylenes is 1. The molecule has 0 saturated heterocycles. The number of carbonyl (C=O) groups is 1. The topological polar surface area (TPSA) is 57.5 Å². The predicted octanol–water partition coefficient (Wildman–Crippen LogP) is 8.38. The van der Waals surface area contributed by atoms with E-state index in [0.717, 1.165) is 32.1 Å². The molecule has 0 radical (unpaired) electrons. The Balaban J connectivity index is 3.23. The Morgan fingerprint density at radius 1 is 0.667 bits per heavy atom. The molecular weight excluding hydrogens is 444 g/mol. The maximum absolute atomic E-state index is 10.2. The Morgan fingerprint density at radius 3 is 1.53 bits per heavy atom. The zero-order chi connectivity index (χ0) is 26.4. The van der Waals surface area contributed by atoms with E-state index in [1.165, 1.54) is 103 Å². The minimum absolute atomic E-state index is 0.729. The summed E-state index contributed by atoms with van der Waals surface area (Å²) >= 11 is 0. The van der Waals surface area contributed by atoms with E-state index in [4.69, 9.17) is 11.5 Å². The van der Waals surface area contributed by atoms with Gasteiger partial charge in [-0.3, -0.25) is 0 Å². The van der Waals surface area contributed by atoms with Crippen molar-refractivity contribution in [2.45, 2.75) is 141 Å². The third-order valence-corrected chi connectivity index (χ3v) is 6.09. The molecule has 0 saturated carbocycles. The van der Waals surface area contributed by atoms with Crippen LogP contribution >= 0.6 is 0 Å². The van der Waals surface area contributed by atoms with Gasteiger partial charge in [0.1, 0.15) is 6.10 Å². The van der Waals surface area contributed by atoms with Gasteiger partial charge in [0.15, 0.2) is 0 Å². The fourth-order valence-corrected chi connectivity index (χ4v) is 3.95. The van der Waals surface area contributed by atoms with Gasteiger partial charge in [0.25, 0.3) is 0 Å². The molecule has 0 aromatic carbocycles. The Bertz CT molecular complexity index is 733. The second-order valence-corrected chi connectivity index (χ2v) is 9.46. The molecule has 0 amide bonds. The molecule has 0 aliphatic carbocycles. The third-order valence-electron chi connectivity index (χ3n) is 6.09. The first kappa shape index (κ1) is 33.6. The Hall–Kier alpha value is -2.41. The van der Waals surface area contributed by atoms with Crippen LogP contribution in [0.2, 0.25) is 0 Å². The standard InChI is InChI=1S/C33H50O3/c1-2-32(34)30-28-26-24-22-20-18-16-14-12-10-8-6-4-3-5-7-9-11-13-15-17-19-21-23-25-27-29-31-33(35)36/h1,25,27-28,30,32,34H,3-5,7,9-24,26H2,(H,35,36)/b27-25?,30-28+/t32-/m0/s1. The molecule has 0 spiro atoms. The van der Waals surface area contributed by atoms with Crippen molar-refractivity contribution in [1.29, 1.82) is 0 Å². The van der Waals surface area contributed by atoms with E-state index < -0.39 is 12.1 Å². The second kappa shape index (κ2) is 28.8. The summed E-state index contributed by atoms with van der Waals surface area (Å²) in [4.78, 5) is 10.2. The third kappa shape index (κ3) is 29.6. The van der Waals surface area contributed by atoms with Gasteiger partial charge >= 0.3 is 5.97 Å². The molecule has 2 N–H and O–H groups in total. The molecule has 0 aliphatic rings. The van der Waals surface area contributed by atoms with Gasteiger partial charge in [-0.2, -0.15) is 0 Å². The lowest BCUT2D eigenvalue weighted by atomic mass is 10.0. The first-order valence-corrected chi connectivity index (χ1v) is 14.3. The van der Waals surface area contributed by atoms with Crippen LogP contribution in [0.5, 0.6) is 0 Å². The highest BCUT2D eigenvalue weighted by atomic mass is 16.4. The summed E-state index contributed by atoms with van der Waals surface area (Å²) in [7, 11) is 0. The van der Waals surface area contributed by atoms with E-state index in [1.807, 2.05) is 12.2 Å². The highest BCUT2D eigenvalue weighted by molar-refractivity contribution is 5.86. The molecular formula is C33H50O3. The second-order valence-electron chi connectivity index (χ2n) is 9.46. The van der Waals surface area contributed by atoms with Crippen LogP contribution in [0, 0.1) is 36.0 Å². The van der Waals surface area contributed by atoms with Gasteiger partial charge in [0.05, 0.1) is 0 Å². The van der Waals surface area contributed by atoms with E-state index in [1.54, 1.807) is 12.2 Å². The van der Waals surface area contributed by atoms with Gasteiger partial charge in [0, 0.05) is 18.8 Å². The highest BCUT2D eigenvalue weighted by Crippen LogP contribution is 2.12. The van der Waals surface area contributed by atoms with E-state index in [0.29, 0.717) is 0 Å². The first-order valence-electron chi connectivity index (χ1n) is 14.3. The van der Waals surface area contributed by atoms with Gasteiger partial charge in [0.2, 0.25) is 0 Å². The maximum Gasteiger partial charge on any atom is 0.382 e. The lowest BCUT2D eigenvalue weighted by Gasteiger charge is -2.01. The van der Waals surface area contributed by atoms with Crippen molar-refractivity contribution >= 4 is 5.97 Å². The number of rotatable bonds is 22. The van der Waals surface area contributed by atoms with Crippen molar-refractivity contribution < 1.29 is 15.0 Å². The lowest BCUT2D eigenvalue weighted by molar-refractivity contribution is -0.130. The number of unbranched alkanes of at least 4 members (excludes halogenated alkanes) is 19. The molecule has 0 heterocycles. The van der Waals surface area contributed by atoms with Crippen LogP contribution in [0.4, 0.5) is 0 Å². The molecule has 0 aromatic heterocycles. The summed E-state index contributed by atoms with van der Waals surface area (Å²) in [6.45, 7) is 0. The van der Waals surface area contributed by atoms with Crippen LogP contribution in [0.15, 0.2) is 24.3 Å². The number of carboxylic acid groups (broad SMARTS) is 1. The van der Waals surface area contributed by atoms with Crippen molar-refractivity contribution in [2.24, 2.45) is 0 Å². The number of hydrogen-bond acceptors (Lipinski definition) is 2. The molecule has 3 nitrogen and oxygen atoms in total. The van der Waals surface area contributed by atoms with E-state index in [9.17, 15) is 9.90 Å². The molecule has 3 heteroatoms. The summed E-state index contributed by atoms with van der Waals surface area (Å²) in [6.07, 6.45) is 37.6. The van der Waals surface area contributed by atoms with Crippen LogP contribution in [-0.2, 0) is 4.79 Å². The predicted molar refractivity (Wildman–Crippen MR) is 153 cm³/mol. The summed E-state index contributed by atoms with van der Waals surface area (Å²) in [5.74, 6) is 12.5. The Kier molecular flexibility index (Phi) is 26.9. The average Bonchev–Trinajstić information content (AvgIpc) is 2.87. The quantitative estimate of drug-likeness (QED) is 0.0902. The van der Waals surface area contributed by atoms with Crippen molar-refractivity contribution in [1.82, 2.24) is 0 Å². The minimum Gasteiger partial charge on any atom is -0.472 e. The van der Waals surface area contributed by atoms with Crippen molar-refractivity contribution in [2.75, 3.05) is 0 Å². The van der Waals surface area contributed by atoms with E-state index >= 15 is 0 Å². The molecule has 200 valence electrons. The van der Waals surface area contributed by atoms with Gasteiger partial charge in [-0.15, -0.1) is 18.3 Å². The summed E-state index contributed by atoms with van der Waals surface area (Å²) in [5, 5.41) is 17.6. The number of hydrogen-bond donors (Lipinski definition) is 2. The fourth-order valence-electron chi connectivity index (χ4n) is 3.95. The molecule has 36 heavy (non-hydrogen) atoms. The Morgan fingerprint density at radius 2 is 1.08 bits per heavy atom. The van der Waals surface area contributed by atoms with E-state index in [-0.39, 0.29) is 0 Å². The minimum atomic E-state index is -1.07. The van der Waals surface area contributed by atoms with E-state index in [2.05, 4.69) is 29.6 Å². The molecule has 1 atom stereocenters. The maximum atomic E-state index is 10.2. The first-order chi connectivity index (χ1) is 17.7. The van der Waals surface area contributed by atoms with Crippen LogP contribution in [0.25, 0.3) is 0 Å². The van der Waals surface area contributed by atoms with Gasteiger partial charge in [-0.1, -0.05) is 107 Å².